The molecule has 0 atom stereocenters. The number of aromatic nitrogens is 3. The number of benzene rings is 5. The van der Waals surface area contributed by atoms with Crippen LogP contribution in [0.25, 0.3) is 10.9 Å². The number of nitrogens with zero attached hydrogens (tertiary/aromatic N) is 7. The third kappa shape index (κ3) is 36.0. The van der Waals surface area contributed by atoms with E-state index >= 15 is 0 Å². The normalized spacial score (nSPS) is 11.8. The minimum absolute atomic E-state index is 0. The summed E-state index contributed by atoms with van der Waals surface area (Å²) < 4.78 is 155. The number of halogens is 18. The second kappa shape index (κ2) is 53.0. The molecule has 5 aromatic carbocycles. The van der Waals surface area contributed by atoms with Crippen LogP contribution in [0.1, 0.15) is 180 Å². The number of nitro groups is 2. The molecule has 6 aromatic rings. The van der Waals surface area contributed by atoms with E-state index in [1.165, 1.54) is 41.6 Å². The Hall–Kier alpha value is -6.88. The summed E-state index contributed by atoms with van der Waals surface area (Å²) in [5.74, 6) is -8.39. The summed E-state index contributed by atoms with van der Waals surface area (Å²) >= 11 is 29.3. The van der Waals surface area contributed by atoms with E-state index < -0.39 is 71.7 Å². The van der Waals surface area contributed by atoms with E-state index in [0.29, 0.717) is 59.2 Å². The largest absolute Gasteiger partial charge is 0.400 e. The predicted molar refractivity (Wildman–Crippen MR) is 386 cm³/mol. The molecule has 0 bridgehead atoms. The molecule has 0 spiro atoms. The number of likely N-dealkylation sites (tertiary alicyclic amines) is 2. The van der Waals surface area contributed by atoms with E-state index in [-0.39, 0.29) is 111 Å². The van der Waals surface area contributed by atoms with Gasteiger partial charge in [0.1, 0.15) is 17.3 Å². The van der Waals surface area contributed by atoms with Crippen molar-refractivity contribution in [1.82, 2.24) is 24.8 Å². The second-order valence-electron chi connectivity index (χ2n) is 19.9. The Morgan fingerprint density at radius 2 is 0.990 bits per heavy atom. The number of nitro benzene ring substituents is 2. The van der Waals surface area contributed by atoms with E-state index in [0.717, 1.165) is 69.3 Å². The molecular formula is C69H97Cl5F13N7O8. The van der Waals surface area contributed by atoms with Crippen LogP contribution in [0.15, 0.2) is 77.6 Å². The minimum atomic E-state index is -5.17. The molecule has 0 radical (unpaired) electrons. The zero-order valence-corrected chi connectivity index (χ0v) is 57.6. The highest BCUT2D eigenvalue weighted by atomic mass is 35.5. The van der Waals surface area contributed by atoms with Crippen LogP contribution in [0.5, 0.6) is 0 Å². The van der Waals surface area contributed by atoms with Gasteiger partial charge in [-0.25, -0.2) is 22.2 Å². The van der Waals surface area contributed by atoms with Crippen molar-refractivity contribution in [3.8, 4) is 0 Å². The zero-order chi connectivity index (χ0) is 74.2. The summed E-state index contributed by atoms with van der Waals surface area (Å²) in [5, 5.41) is 30.3. The number of non-ortho nitro benzene ring substituents is 2. The quantitative estimate of drug-likeness (QED) is 0.0301. The summed E-state index contributed by atoms with van der Waals surface area (Å²) in [5.41, 5.74) is 2.86. The maximum absolute atomic E-state index is 13.1. The molecule has 8 rings (SSSR count). The first kappa shape index (κ1) is 109. The van der Waals surface area contributed by atoms with E-state index in [9.17, 15) is 96.5 Å². The number of carbonyl (C=O) groups excluding carboxylic acids is 3. The molecule has 2 saturated heterocycles. The molecular weight excluding hydrogens is 1480 g/mol. The first-order chi connectivity index (χ1) is 44.7. The number of hydrogen-bond donors (Lipinski definition) is 0. The van der Waals surface area contributed by atoms with Crippen LogP contribution in [0, 0.1) is 56.3 Å². The fourth-order valence-corrected chi connectivity index (χ4v) is 9.45. The van der Waals surface area contributed by atoms with Crippen molar-refractivity contribution in [2.45, 2.75) is 209 Å². The highest BCUT2D eigenvalue weighted by molar-refractivity contribution is 6.55. The summed E-state index contributed by atoms with van der Waals surface area (Å²) in [6, 6.07) is 20.5. The summed E-state index contributed by atoms with van der Waals surface area (Å²) in [6.45, 7) is 19.4. The van der Waals surface area contributed by atoms with Crippen molar-refractivity contribution in [3.63, 3.8) is 0 Å². The average molecular weight is 1580 g/mol. The summed E-state index contributed by atoms with van der Waals surface area (Å²) in [6.07, 6.45) is -10.7. The Morgan fingerprint density at radius 3 is 1.32 bits per heavy atom. The van der Waals surface area contributed by atoms with Gasteiger partial charge in [-0.2, -0.15) is 39.5 Å². The van der Waals surface area contributed by atoms with Crippen molar-refractivity contribution < 1.29 is 81.3 Å². The lowest BCUT2D eigenvalue weighted by molar-refractivity contribution is -0.385. The molecule has 582 valence electrons. The first-order valence-electron chi connectivity index (χ1n) is 29.6. The minimum Gasteiger partial charge on any atom is -0.343 e. The van der Waals surface area contributed by atoms with Gasteiger partial charge >= 0.3 is 18.5 Å². The smallest absolute Gasteiger partial charge is 0.343 e. The van der Waals surface area contributed by atoms with Gasteiger partial charge in [0, 0.05) is 87.3 Å². The van der Waals surface area contributed by atoms with Crippen LogP contribution in [-0.4, -0.2) is 90.5 Å². The maximum atomic E-state index is 13.1. The van der Waals surface area contributed by atoms with E-state index in [1.54, 1.807) is 43.3 Å². The van der Waals surface area contributed by atoms with Gasteiger partial charge in [0.25, 0.3) is 16.9 Å². The number of fused-ring (bicyclic) bond motifs is 1. The third-order valence-electron chi connectivity index (χ3n) is 13.4. The van der Waals surface area contributed by atoms with Gasteiger partial charge < -0.3 is 4.90 Å². The van der Waals surface area contributed by atoms with Crippen LogP contribution in [0.4, 0.5) is 68.5 Å². The molecule has 0 N–H and O–H groups in total. The number of rotatable bonds is 11. The molecule has 15 nitrogen and oxygen atoms in total. The van der Waals surface area contributed by atoms with Gasteiger partial charge in [-0.15, -0.1) is 5.10 Å². The molecule has 2 fully saturated rings. The van der Waals surface area contributed by atoms with Gasteiger partial charge in [-0.1, -0.05) is 186 Å². The van der Waals surface area contributed by atoms with Crippen molar-refractivity contribution in [1.29, 1.82) is 0 Å². The number of alkyl halides is 9. The summed E-state index contributed by atoms with van der Waals surface area (Å²) in [7, 11) is 0. The number of hydrogen-bond acceptors (Lipinski definition) is 10. The van der Waals surface area contributed by atoms with Crippen molar-refractivity contribution >= 4 is 98.0 Å². The molecule has 0 unspecified atom stereocenters. The highest BCUT2D eigenvalue weighted by Gasteiger charge is 2.55. The predicted octanol–water partition coefficient (Wildman–Crippen LogP) is 23.8. The topological polar surface area (TPSA) is 192 Å². The molecule has 2 aliphatic heterocycles. The van der Waals surface area contributed by atoms with Crippen molar-refractivity contribution in [2.24, 2.45) is 5.92 Å². The maximum Gasteiger partial charge on any atom is 0.400 e. The Morgan fingerprint density at radius 1 is 0.520 bits per heavy atom. The average Bonchev–Trinajstić information content (AvgIpc) is 0.958. The van der Waals surface area contributed by atoms with Gasteiger partial charge in [0.15, 0.2) is 17.5 Å². The molecule has 0 saturated carbocycles. The van der Waals surface area contributed by atoms with Gasteiger partial charge in [-0.05, 0) is 101 Å². The standard InChI is InChI=1S/C9H8F4.C9H9N3O.C8H5Cl5.2C8H9NO2.C6H9NO2.C6H11NO.C5H6F6.C4H7F3.6CH4/c1-3-5-6(10)4(2)7(11)9(13)8(5)12;1-2-12-9(13)7-5-3-4-6-8(7)10-11-12;1-2-3-4(9)6(11)8(13)7(12)5(3)10;1-2-7-3-5-8(6-4-7)9(10)11;1-2-7-4-3-5-8(6-7)9(10)11;1-2-7-5(8)3-4-6(7)9;1-2-7-5-3-4-6(7)8;1-2-3(4(6,7)8)5(9,10)11;1-2-3-4(5,6)7;;;;;;/h3H2,1-2H3;3-6H,2H2,1H3;2H2,1H3;2*3-6H,2H2,1H3;2-4H2,1H3;2-5H2,1H3;3H,2H2,1H3;2-3H2,1H3;6*1H4. The van der Waals surface area contributed by atoms with E-state index in [2.05, 4.69) is 10.3 Å². The lowest BCUT2D eigenvalue weighted by atomic mass is 10.1. The van der Waals surface area contributed by atoms with Crippen LogP contribution in [-0.2, 0) is 46.6 Å². The highest BCUT2D eigenvalue weighted by Crippen LogP contribution is 2.44. The lowest BCUT2D eigenvalue weighted by Crippen LogP contribution is -2.35. The van der Waals surface area contributed by atoms with E-state index in [4.69, 9.17) is 58.0 Å². The molecule has 1 aromatic heterocycles. The van der Waals surface area contributed by atoms with Crippen molar-refractivity contribution in [2.75, 3.05) is 19.6 Å². The molecule has 0 aliphatic carbocycles. The molecule has 33 heteroatoms. The first-order valence-corrected chi connectivity index (χ1v) is 31.5. The Labute approximate surface area is 615 Å². The number of aryl methyl sites for hydroxylation is 3. The monoisotopic (exact) mass is 1570 g/mol. The number of imide groups is 1. The number of carbonyl (C=O) groups is 3. The fourth-order valence-electron chi connectivity index (χ4n) is 8.00. The molecule has 102 heavy (non-hydrogen) atoms. The molecule has 3 heterocycles. The third-order valence-corrected chi connectivity index (χ3v) is 15.7. The fraction of sp³-hybridized carbons (Fsp3) is 0.507. The molecule has 2 aliphatic rings. The Kier molecular flexibility index (Phi) is 56.4. The zero-order valence-electron chi connectivity index (χ0n) is 53.8. The Balaban J connectivity index is -0.000000199. The van der Waals surface area contributed by atoms with Gasteiger partial charge in [0.05, 0.1) is 40.3 Å². The number of amides is 3. The van der Waals surface area contributed by atoms with Crippen molar-refractivity contribution in [3.05, 3.63) is 180 Å². The van der Waals surface area contributed by atoms with Crippen LogP contribution < -0.4 is 5.56 Å². The summed E-state index contributed by atoms with van der Waals surface area (Å²) in [4.78, 5) is 66.7. The Bertz CT molecular complexity index is 3390. The SMILES string of the molecule is C.C.C.C.C.C.CCC(C(F)(F)F)C(F)(F)F.CCCC(F)(F)F.CCN1C(=O)CCC1=O.CCN1CCCC1=O.CCc1c(Cl)c(Cl)c(Cl)c(Cl)c1Cl.CCc1c(F)c(C)c(F)c(F)c1F.CCc1ccc([N+](=O)[O-])cc1.CCc1cccc([N+](=O)[O-])c1.CCn1nnc2ccccc2c1=O. The van der Waals surface area contributed by atoms with Gasteiger partial charge in [-0.3, -0.25) is 44.3 Å². The van der Waals surface area contributed by atoms with Gasteiger partial charge in [0.2, 0.25) is 17.7 Å². The van der Waals surface area contributed by atoms with E-state index in [1.807, 2.05) is 57.7 Å². The second-order valence-corrected chi connectivity index (χ2v) is 21.8. The van der Waals surface area contributed by atoms with Crippen LogP contribution in [0.3, 0.4) is 0 Å². The van der Waals surface area contributed by atoms with Crippen LogP contribution >= 0.6 is 58.0 Å². The lowest BCUT2D eigenvalue weighted by Gasteiger charge is -2.20. The molecule has 3 amide bonds. The van der Waals surface area contributed by atoms with Crippen LogP contribution in [0.2, 0.25) is 25.1 Å².